The Kier molecular flexibility index (Phi) is 4.96. The highest BCUT2D eigenvalue weighted by Crippen LogP contribution is 2.30. The fourth-order valence-electron chi connectivity index (χ4n) is 3.05. The van der Waals surface area contributed by atoms with E-state index >= 15 is 0 Å². The first kappa shape index (κ1) is 19.0. The Morgan fingerprint density at radius 3 is 2.45 bits per heavy atom. The van der Waals surface area contributed by atoms with E-state index in [2.05, 4.69) is 15.4 Å². The topological polar surface area (TPSA) is 63.1 Å². The first-order valence-corrected chi connectivity index (χ1v) is 9.02. The van der Waals surface area contributed by atoms with Crippen molar-refractivity contribution in [2.75, 3.05) is 23.3 Å². The fraction of sp³-hybridized carbons (Fsp3) is 0.250. The Morgan fingerprint density at radius 1 is 1.07 bits per heavy atom. The molecular formula is C20H18F3N5O. The SMILES string of the molecule is O=C(Cc1ccc(N2CC(F)(F)C2)nc1)Nc1ccn(Cc2ccc(F)cc2)n1. The van der Waals surface area contributed by atoms with E-state index in [0.717, 1.165) is 5.56 Å². The first-order valence-electron chi connectivity index (χ1n) is 9.02. The van der Waals surface area contributed by atoms with Crippen LogP contribution in [0.2, 0.25) is 0 Å². The number of nitrogens with zero attached hydrogens (tertiary/aromatic N) is 4. The Bertz CT molecular complexity index is 994. The van der Waals surface area contributed by atoms with E-state index < -0.39 is 5.92 Å². The second-order valence-electron chi connectivity index (χ2n) is 6.99. The molecule has 6 nitrogen and oxygen atoms in total. The maximum Gasteiger partial charge on any atom is 0.282 e. The van der Waals surface area contributed by atoms with Crippen molar-refractivity contribution < 1.29 is 18.0 Å². The molecule has 2 aromatic heterocycles. The van der Waals surface area contributed by atoms with E-state index in [1.807, 2.05) is 0 Å². The van der Waals surface area contributed by atoms with Crippen molar-refractivity contribution in [3.63, 3.8) is 0 Å². The number of pyridine rings is 1. The Hall–Kier alpha value is -3.36. The quantitative estimate of drug-likeness (QED) is 0.690. The minimum atomic E-state index is -2.65. The minimum absolute atomic E-state index is 0.0915. The number of benzene rings is 1. The number of hydrogen-bond donors (Lipinski definition) is 1. The monoisotopic (exact) mass is 401 g/mol. The smallest absolute Gasteiger partial charge is 0.282 e. The average molecular weight is 401 g/mol. The number of amides is 1. The van der Waals surface area contributed by atoms with Crippen LogP contribution in [-0.4, -0.2) is 39.7 Å². The zero-order valence-corrected chi connectivity index (χ0v) is 15.4. The van der Waals surface area contributed by atoms with Crippen molar-refractivity contribution in [2.45, 2.75) is 18.9 Å². The van der Waals surface area contributed by atoms with Crippen LogP contribution in [0.1, 0.15) is 11.1 Å². The largest absolute Gasteiger partial charge is 0.344 e. The number of rotatable bonds is 6. The van der Waals surface area contributed by atoms with Crippen molar-refractivity contribution in [1.29, 1.82) is 0 Å². The molecule has 1 aliphatic rings. The third-order valence-electron chi connectivity index (χ3n) is 4.51. The lowest BCUT2D eigenvalue weighted by molar-refractivity contribution is -0.115. The molecule has 29 heavy (non-hydrogen) atoms. The molecule has 1 aromatic carbocycles. The van der Waals surface area contributed by atoms with Gasteiger partial charge in [-0.05, 0) is 29.3 Å². The van der Waals surface area contributed by atoms with Gasteiger partial charge in [-0.2, -0.15) is 5.10 Å². The van der Waals surface area contributed by atoms with E-state index in [9.17, 15) is 18.0 Å². The highest BCUT2D eigenvalue weighted by Gasteiger charge is 2.44. The zero-order valence-electron chi connectivity index (χ0n) is 15.4. The number of carbonyl (C=O) groups is 1. The molecule has 1 aliphatic heterocycles. The summed E-state index contributed by atoms with van der Waals surface area (Å²) >= 11 is 0. The molecule has 4 rings (SSSR count). The van der Waals surface area contributed by atoms with E-state index in [1.54, 1.807) is 41.2 Å². The third kappa shape index (κ3) is 4.74. The van der Waals surface area contributed by atoms with Gasteiger partial charge in [-0.3, -0.25) is 9.48 Å². The molecule has 0 atom stereocenters. The lowest BCUT2D eigenvalue weighted by Crippen LogP contribution is -2.56. The highest BCUT2D eigenvalue weighted by molar-refractivity contribution is 5.91. The Balaban J connectivity index is 1.29. The molecule has 0 aliphatic carbocycles. The molecule has 0 bridgehead atoms. The van der Waals surface area contributed by atoms with E-state index in [4.69, 9.17) is 0 Å². The van der Waals surface area contributed by atoms with Crippen LogP contribution in [0.5, 0.6) is 0 Å². The lowest BCUT2D eigenvalue weighted by Gasteiger charge is -2.39. The van der Waals surface area contributed by atoms with Gasteiger partial charge in [0.2, 0.25) is 5.91 Å². The van der Waals surface area contributed by atoms with Crippen LogP contribution in [0.15, 0.2) is 54.9 Å². The molecule has 0 unspecified atom stereocenters. The van der Waals surface area contributed by atoms with Crippen molar-refractivity contribution >= 4 is 17.5 Å². The van der Waals surface area contributed by atoms with E-state index in [-0.39, 0.29) is 31.2 Å². The maximum absolute atomic E-state index is 13.0. The van der Waals surface area contributed by atoms with Crippen LogP contribution < -0.4 is 10.2 Å². The summed E-state index contributed by atoms with van der Waals surface area (Å²) in [7, 11) is 0. The van der Waals surface area contributed by atoms with Gasteiger partial charge in [0.1, 0.15) is 11.6 Å². The molecule has 9 heteroatoms. The van der Waals surface area contributed by atoms with Crippen LogP contribution in [0.3, 0.4) is 0 Å². The molecule has 1 fully saturated rings. The molecule has 150 valence electrons. The predicted molar refractivity (Wildman–Crippen MR) is 101 cm³/mol. The highest BCUT2D eigenvalue weighted by atomic mass is 19.3. The zero-order chi connectivity index (χ0) is 20.4. The van der Waals surface area contributed by atoms with Gasteiger partial charge in [-0.15, -0.1) is 0 Å². The Labute approximate surface area is 165 Å². The third-order valence-corrected chi connectivity index (χ3v) is 4.51. The molecule has 1 N–H and O–H groups in total. The van der Waals surface area contributed by atoms with Gasteiger partial charge in [-0.1, -0.05) is 18.2 Å². The molecule has 1 saturated heterocycles. The van der Waals surface area contributed by atoms with Crippen molar-refractivity contribution in [3.8, 4) is 0 Å². The number of anilines is 2. The number of hydrogen-bond acceptors (Lipinski definition) is 4. The standard InChI is InChI=1S/C20H18F3N5O/c21-16-4-1-14(2-5-16)11-28-8-7-17(26-28)25-19(29)9-15-3-6-18(24-10-15)27-12-20(22,23)13-27/h1-8,10H,9,11-13H2,(H,25,26,29). The van der Waals surface area contributed by atoms with Crippen molar-refractivity contribution in [2.24, 2.45) is 0 Å². The summed E-state index contributed by atoms with van der Waals surface area (Å²) in [4.78, 5) is 17.9. The maximum atomic E-state index is 13.0. The number of alkyl halides is 2. The average Bonchev–Trinajstić information content (AvgIpc) is 3.09. The molecular weight excluding hydrogens is 383 g/mol. The van der Waals surface area contributed by atoms with Crippen LogP contribution in [0, 0.1) is 5.82 Å². The Morgan fingerprint density at radius 2 is 1.79 bits per heavy atom. The molecule has 0 saturated carbocycles. The summed E-state index contributed by atoms with van der Waals surface area (Å²) in [6.07, 6.45) is 3.32. The molecule has 3 heterocycles. The van der Waals surface area contributed by atoms with E-state index in [1.165, 1.54) is 23.2 Å². The normalized spacial score (nSPS) is 15.1. The van der Waals surface area contributed by atoms with Gasteiger partial charge in [0, 0.05) is 18.5 Å². The summed E-state index contributed by atoms with van der Waals surface area (Å²) in [6, 6.07) is 11.1. The molecule has 1 amide bonds. The summed E-state index contributed by atoms with van der Waals surface area (Å²) in [5.41, 5.74) is 1.56. The van der Waals surface area contributed by atoms with Gasteiger partial charge < -0.3 is 10.2 Å². The lowest BCUT2D eigenvalue weighted by atomic mass is 10.1. The number of halogens is 3. The summed E-state index contributed by atoms with van der Waals surface area (Å²) in [5, 5.41) is 6.98. The first-order chi connectivity index (χ1) is 13.9. The summed E-state index contributed by atoms with van der Waals surface area (Å²) in [5.74, 6) is -2.33. The summed E-state index contributed by atoms with van der Waals surface area (Å²) in [6.45, 7) is -0.210. The van der Waals surface area contributed by atoms with Gasteiger partial charge in [0.05, 0.1) is 26.1 Å². The predicted octanol–water partition coefficient (Wildman–Crippen LogP) is 3.10. The van der Waals surface area contributed by atoms with Gasteiger partial charge in [0.25, 0.3) is 5.92 Å². The summed E-state index contributed by atoms with van der Waals surface area (Å²) < 4.78 is 40.5. The van der Waals surface area contributed by atoms with Crippen molar-refractivity contribution in [1.82, 2.24) is 14.8 Å². The second-order valence-corrected chi connectivity index (χ2v) is 6.99. The molecule has 3 aromatic rings. The van der Waals surface area contributed by atoms with Gasteiger partial charge in [-0.25, -0.2) is 18.2 Å². The second kappa shape index (κ2) is 7.57. The minimum Gasteiger partial charge on any atom is -0.344 e. The number of aromatic nitrogens is 3. The van der Waals surface area contributed by atoms with Crippen LogP contribution in [-0.2, 0) is 17.8 Å². The van der Waals surface area contributed by atoms with Crippen LogP contribution in [0.4, 0.5) is 24.8 Å². The van der Waals surface area contributed by atoms with Crippen LogP contribution >= 0.6 is 0 Å². The molecule has 0 spiro atoms. The van der Waals surface area contributed by atoms with Crippen molar-refractivity contribution in [3.05, 3.63) is 71.8 Å². The van der Waals surface area contributed by atoms with Gasteiger partial charge in [0.15, 0.2) is 5.82 Å². The number of carbonyl (C=O) groups excluding carboxylic acids is 1. The van der Waals surface area contributed by atoms with Gasteiger partial charge >= 0.3 is 0 Å². The molecule has 0 radical (unpaired) electrons. The number of nitrogens with one attached hydrogen (secondary N) is 1. The van der Waals surface area contributed by atoms with E-state index in [0.29, 0.717) is 23.7 Å². The fourth-order valence-corrected chi connectivity index (χ4v) is 3.05. The van der Waals surface area contributed by atoms with Crippen LogP contribution in [0.25, 0.3) is 0 Å².